The number of hydrogen-bond acceptors (Lipinski definition) is 4. The van der Waals surface area contributed by atoms with Gasteiger partial charge in [-0.15, -0.1) is 13.2 Å². The van der Waals surface area contributed by atoms with Gasteiger partial charge in [-0.2, -0.15) is 5.26 Å². The average molecular weight is 442 g/mol. The van der Waals surface area contributed by atoms with Crippen LogP contribution >= 0.6 is 0 Å². The molecular weight excluding hydrogens is 417 g/mol. The summed E-state index contributed by atoms with van der Waals surface area (Å²) < 4.78 is 43.5. The van der Waals surface area contributed by atoms with Gasteiger partial charge in [0, 0.05) is 11.7 Å². The standard InChI is InChI=1S/C24H25F3N4O/c1-15-10-18(13-23(2,3)12-15)31-21-9-4-16(14-28)11-20(21)30-22(31)29-17-5-7-19(8-6-17)32-24(25,26)27/h4-9,11,15,18H,10,12-13H2,1-3H3,(H,29,30)/t15-,18-/m0/s1. The fourth-order valence-electron chi connectivity index (χ4n) is 4.99. The SMILES string of the molecule is C[C@H]1C[C@H](n2c(Nc3ccc(OC(F)(F)F)cc3)nc3cc(C#N)ccc32)CC(C)(C)C1. The summed E-state index contributed by atoms with van der Waals surface area (Å²) in [6.45, 7) is 6.80. The molecule has 168 valence electrons. The Hall–Kier alpha value is -3.21. The molecule has 0 saturated heterocycles. The van der Waals surface area contributed by atoms with E-state index < -0.39 is 6.36 Å². The average Bonchev–Trinajstić information content (AvgIpc) is 3.03. The first-order chi connectivity index (χ1) is 15.0. The Bertz CT molecular complexity index is 1160. The van der Waals surface area contributed by atoms with Gasteiger partial charge in [0.15, 0.2) is 0 Å². The van der Waals surface area contributed by atoms with E-state index in [9.17, 15) is 18.4 Å². The zero-order chi connectivity index (χ0) is 23.1. The van der Waals surface area contributed by atoms with E-state index in [0.717, 1.165) is 24.8 Å². The molecule has 3 aromatic rings. The van der Waals surface area contributed by atoms with Crippen LogP contribution in [0.1, 0.15) is 51.6 Å². The van der Waals surface area contributed by atoms with E-state index in [0.29, 0.717) is 28.6 Å². The highest BCUT2D eigenvalue weighted by molar-refractivity contribution is 5.81. The first-order valence-corrected chi connectivity index (χ1v) is 10.6. The van der Waals surface area contributed by atoms with Gasteiger partial charge in [0.25, 0.3) is 0 Å². The van der Waals surface area contributed by atoms with Gasteiger partial charge < -0.3 is 14.6 Å². The van der Waals surface area contributed by atoms with Gasteiger partial charge in [-0.3, -0.25) is 0 Å². The molecule has 0 bridgehead atoms. The van der Waals surface area contributed by atoms with Crippen molar-refractivity contribution in [2.75, 3.05) is 5.32 Å². The quantitative estimate of drug-likeness (QED) is 0.475. The smallest absolute Gasteiger partial charge is 0.406 e. The lowest BCUT2D eigenvalue weighted by Gasteiger charge is -2.40. The molecule has 32 heavy (non-hydrogen) atoms. The maximum atomic E-state index is 12.4. The van der Waals surface area contributed by atoms with Crippen molar-refractivity contribution in [1.29, 1.82) is 5.26 Å². The summed E-state index contributed by atoms with van der Waals surface area (Å²) in [5, 5.41) is 12.5. The van der Waals surface area contributed by atoms with Crippen LogP contribution in [0.5, 0.6) is 5.75 Å². The summed E-state index contributed by atoms with van der Waals surface area (Å²) in [4.78, 5) is 4.74. The maximum Gasteiger partial charge on any atom is 0.573 e. The number of ether oxygens (including phenoxy) is 1. The summed E-state index contributed by atoms with van der Waals surface area (Å²) in [5.74, 6) is 0.874. The highest BCUT2D eigenvalue weighted by Crippen LogP contribution is 2.46. The minimum absolute atomic E-state index is 0.180. The molecular formula is C24H25F3N4O. The molecule has 0 radical (unpaired) electrons. The topological polar surface area (TPSA) is 62.9 Å². The van der Waals surface area contributed by atoms with E-state index in [1.54, 1.807) is 12.1 Å². The monoisotopic (exact) mass is 442 g/mol. The van der Waals surface area contributed by atoms with Crippen LogP contribution in [0.15, 0.2) is 42.5 Å². The van der Waals surface area contributed by atoms with E-state index in [4.69, 9.17) is 4.98 Å². The molecule has 5 nitrogen and oxygen atoms in total. The number of benzene rings is 2. The normalized spacial score (nSPS) is 20.7. The van der Waals surface area contributed by atoms with Crippen molar-refractivity contribution in [3.63, 3.8) is 0 Å². The second-order valence-corrected chi connectivity index (χ2v) is 9.39. The minimum Gasteiger partial charge on any atom is -0.406 e. The van der Waals surface area contributed by atoms with Crippen LogP contribution in [0, 0.1) is 22.7 Å². The van der Waals surface area contributed by atoms with Crippen LogP contribution in [0.2, 0.25) is 0 Å². The molecule has 1 fully saturated rings. The van der Waals surface area contributed by atoms with Crippen molar-refractivity contribution < 1.29 is 17.9 Å². The summed E-state index contributed by atoms with van der Waals surface area (Å²) >= 11 is 0. The number of fused-ring (bicyclic) bond motifs is 1. The van der Waals surface area contributed by atoms with Gasteiger partial charge in [-0.25, -0.2) is 4.98 Å². The zero-order valence-electron chi connectivity index (χ0n) is 18.2. The van der Waals surface area contributed by atoms with Gasteiger partial charge in [0.05, 0.1) is 22.7 Å². The van der Waals surface area contributed by atoms with E-state index in [-0.39, 0.29) is 17.2 Å². The van der Waals surface area contributed by atoms with Gasteiger partial charge in [-0.1, -0.05) is 20.8 Å². The highest BCUT2D eigenvalue weighted by atomic mass is 19.4. The van der Waals surface area contributed by atoms with Crippen molar-refractivity contribution in [3.05, 3.63) is 48.0 Å². The Balaban J connectivity index is 1.72. The molecule has 1 N–H and O–H groups in total. The number of nitriles is 1. The van der Waals surface area contributed by atoms with Crippen molar-refractivity contribution in [1.82, 2.24) is 9.55 Å². The maximum absolute atomic E-state index is 12.4. The molecule has 1 aromatic heterocycles. The predicted molar refractivity (Wildman–Crippen MR) is 117 cm³/mol. The number of nitrogens with one attached hydrogen (secondary N) is 1. The summed E-state index contributed by atoms with van der Waals surface area (Å²) in [7, 11) is 0. The van der Waals surface area contributed by atoms with Crippen LogP contribution < -0.4 is 10.1 Å². The minimum atomic E-state index is -4.73. The zero-order valence-corrected chi connectivity index (χ0v) is 18.2. The summed E-state index contributed by atoms with van der Waals surface area (Å²) in [5.41, 5.74) is 2.94. The molecule has 1 aliphatic rings. The molecule has 0 unspecified atom stereocenters. The molecule has 1 saturated carbocycles. The van der Waals surface area contributed by atoms with Crippen molar-refractivity contribution >= 4 is 22.7 Å². The fourth-order valence-corrected chi connectivity index (χ4v) is 4.99. The van der Waals surface area contributed by atoms with Crippen LogP contribution in [-0.4, -0.2) is 15.9 Å². The number of alkyl halides is 3. The van der Waals surface area contributed by atoms with Crippen molar-refractivity contribution in [3.8, 4) is 11.8 Å². The predicted octanol–water partition coefficient (Wildman–Crippen LogP) is 6.94. The first-order valence-electron chi connectivity index (χ1n) is 10.6. The number of rotatable bonds is 4. The molecule has 0 spiro atoms. The van der Waals surface area contributed by atoms with Crippen LogP contribution in [0.3, 0.4) is 0 Å². The van der Waals surface area contributed by atoms with E-state index in [1.165, 1.54) is 24.3 Å². The van der Waals surface area contributed by atoms with Gasteiger partial charge in [-0.05, 0) is 73.1 Å². The summed E-state index contributed by atoms with van der Waals surface area (Å²) in [6.07, 6.45) is -1.60. The van der Waals surface area contributed by atoms with Crippen LogP contribution in [0.25, 0.3) is 11.0 Å². The third kappa shape index (κ3) is 4.82. The Labute approximate surface area is 184 Å². The first kappa shape index (κ1) is 22.0. The molecule has 2 atom stereocenters. The highest BCUT2D eigenvalue weighted by Gasteiger charge is 2.35. The lowest BCUT2D eigenvalue weighted by atomic mass is 9.70. The van der Waals surface area contributed by atoms with Gasteiger partial charge in [0.1, 0.15) is 5.75 Å². The van der Waals surface area contributed by atoms with E-state index in [2.05, 4.69) is 41.5 Å². The molecule has 0 aliphatic heterocycles. The van der Waals surface area contributed by atoms with Crippen LogP contribution in [-0.2, 0) is 0 Å². The second-order valence-electron chi connectivity index (χ2n) is 9.39. The molecule has 0 amide bonds. The van der Waals surface area contributed by atoms with Crippen molar-refractivity contribution in [2.24, 2.45) is 11.3 Å². The number of nitrogens with zero attached hydrogens (tertiary/aromatic N) is 3. The van der Waals surface area contributed by atoms with Crippen molar-refractivity contribution in [2.45, 2.75) is 52.4 Å². The molecule has 8 heteroatoms. The fraction of sp³-hybridized carbons (Fsp3) is 0.417. The van der Waals surface area contributed by atoms with Crippen LogP contribution in [0.4, 0.5) is 24.8 Å². The number of halogens is 3. The Morgan fingerprint density at radius 1 is 1.16 bits per heavy atom. The Kier molecular flexibility index (Phi) is 5.53. The number of hydrogen-bond donors (Lipinski definition) is 1. The summed E-state index contributed by atoms with van der Waals surface area (Å²) in [6, 6.07) is 13.4. The third-order valence-corrected chi connectivity index (χ3v) is 5.89. The Morgan fingerprint density at radius 2 is 1.88 bits per heavy atom. The number of imidazole rings is 1. The number of anilines is 2. The second kappa shape index (κ2) is 8.05. The van der Waals surface area contributed by atoms with E-state index >= 15 is 0 Å². The molecule has 4 rings (SSSR count). The lowest BCUT2D eigenvalue weighted by molar-refractivity contribution is -0.274. The largest absolute Gasteiger partial charge is 0.573 e. The van der Waals surface area contributed by atoms with Gasteiger partial charge >= 0.3 is 6.36 Å². The number of aromatic nitrogens is 2. The Morgan fingerprint density at radius 3 is 2.50 bits per heavy atom. The molecule has 1 aliphatic carbocycles. The van der Waals surface area contributed by atoms with Gasteiger partial charge in [0.2, 0.25) is 5.95 Å². The van der Waals surface area contributed by atoms with E-state index in [1.807, 2.05) is 6.07 Å². The molecule has 1 heterocycles. The molecule has 2 aromatic carbocycles. The third-order valence-electron chi connectivity index (χ3n) is 5.89. The lowest BCUT2D eigenvalue weighted by Crippen LogP contribution is -2.29.